The van der Waals surface area contributed by atoms with E-state index in [2.05, 4.69) is 20.6 Å². The summed E-state index contributed by atoms with van der Waals surface area (Å²) < 4.78 is 44.3. The number of oxazole rings is 1. The average Bonchev–Trinajstić information content (AvgIpc) is 3.20. The molecule has 0 spiro atoms. The Hall–Kier alpha value is -2.56. The van der Waals surface area contributed by atoms with Crippen molar-refractivity contribution in [2.75, 3.05) is 7.05 Å². The van der Waals surface area contributed by atoms with Gasteiger partial charge in [-0.05, 0) is 36.8 Å². The Morgan fingerprint density at radius 3 is 2.53 bits per heavy atom. The first-order valence-corrected chi connectivity index (χ1v) is 9.01. The highest BCUT2D eigenvalue weighted by Gasteiger charge is 2.30. The Morgan fingerprint density at radius 2 is 1.87 bits per heavy atom. The Labute approximate surface area is 189 Å². The lowest BCUT2D eigenvalue weighted by Gasteiger charge is -2.19. The second-order valence-electron chi connectivity index (χ2n) is 6.43. The summed E-state index contributed by atoms with van der Waals surface area (Å²) in [5, 5.41) is 6.17. The van der Waals surface area contributed by atoms with Crippen molar-refractivity contribution in [1.29, 1.82) is 0 Å². The summed E-state index contributed by atoms with van der Waals surface area (Å²) in [6.45, 7) is 2.12. The number of rotatable bonds is 5. The van der Waals surface area contributed by atoms with Crippen LogP contribution in [0.5, 0.6) is 0 Å². The largest absolute Gasteiger partial charge is 0.444 e. The fourth-order valence-corrected chi connectivity index (χ4v) is 2.74. The average molecular weight is 530 g/mol. The minimum absolute atomic E-state index is 0. The van der Waals surface area contributed by atoms with Gasteiger partial charge in [0.05, 0.1) is 23.8 Å². The fraction of sp³-hybridized carbons (Fsp3) is 0.238. The number of guanidine groups is 1. The highest BCUT2D eigenvalue weighted by Crippen LogP contribution is 2.30. The number of hydrogen-bond acceptors (Lipinski definition) is 3. The molecule has 0 aliphatic rings. The number of nitrogens with one attached hydrogen (secondary N) is 2. The van der Waals surface area contributed by atoms with E-state index in [1.807, 2.05) is 30.3 Å². The number of hydrogen-bond donors (Lipinski definition) is 2. The van der Waals surface area contributed by atoms with E-state index in [1.165, 1.54) is 6.07 Å². The molecule has 0 bridgehead atoms. The van der Waals surface area contributed by atoms with Gasteiger partial charge in [-0.1, -0.05) is 30.3 Å². The molecule has 3 rings (SSSR count). The van der Waals surface area contributed by atoms with E-state index >= 15 is 0 Å². The number of aromatic nitrogens is 1. The van der Waals surface area contributed by atoms with E-state index in [1.54, 1.807) is 26.3 Å². The molecule has 3 aromatic rings. The van der Waals surface area contributed by atoms with Crippen LogP contribution in [0, 0.1) is 0 Å². The SMILES string of the molecule is CN=C(NCc1coc(-c2ccccc2)n1)NC(C)c1cccc(C(F)(F)F)c1.I. The molecule has 0 amide bonds. The van der Waals surface area contributed by atoms with Gasteiger partial charge >= 0.3 is 6.18 Å². The van der Waals surface area contributed by atoms with Crippen LogP contribution in [0.15, 0.2) is 70.3 Å². The van der Waals surface area contributed by atoms with Crippen LogP contribution in [-0.4, -0.2) is 18.0 Å². The third kappa shape index (κ3) is 6.22. The first kappa shape index (κ1) is 23.7. The van der Waals surface area contributed by atoms with Gasteiger partial charge in [0.25, 0.3) is 0 Å². The van der Waals surface area contributed by atoms with E-state index < -0.39 is 11.7 Å². The summed E-state index contributed by atoms with van der Waals surface area (Å²) in [4.78, 5) is 8.54. The van der Waals surface area contributed by atoms with E-state index in [4.69, 9.17) is 4.42 Å². The lowest BCUT2D eigenvalue weighted by atomic mass is 10.1. The quantitative estimate of drug-likeness (QED) is 0.264. The van der Waals surface area contributed by atoms with Crippen molar-refractivity contribution < 1.29 is 17.6 Å². The van der Waals surface area contributed by atoms with Crippen LogP contribution in [0.1, 0.15) is 29.8 Å². The second kappa shape index (κ2) is 10.5. The lowest BCUT2D eigenvalue weighted by molar-refractivity contribution is -0.137. The van der Waals surface area contributed by atoms with Crippen LogP contribution in [0.4, 0.5) is 13.2 Å². The van der Waals surface area contributed by atoms with Crippen molar-refractivity contribution >= 4 is 29.9 Å². The van der Waals surface area contributed by atoms with Gasteiger partial charge in [-0.2, -0.15) is 13.2 Å². The predicted molar refractivity (Wildman–Crippen MR) is 121 cm³/mol. The maximum absolute atomic E-state index is 12.9. The van der Waals surface area contributed by atoms with Crippen molar-refractivity contribution in [3.05, 3.63) is 77.7 Å². The molecule has 9 heteroatoms. The number of aliphatic imine (C=N–C) groups is 1. The zero-order valence-corrected chi connectivity index (χ0v) is 18.7. The molecule has 0 radical (unpaired) electrons. The van der Waals surface area contributed by atoms with Crippen LogP contribution in [0.3, 0.4) is 0 Å². The van der Waals surface area contributed by atoms with E-state index in [0.717, 1.165) is 17.7 Å². The topological polar surface area (TPSA) is 62.5 Å². The molecule has 0 aliphatic heterocycles. The standard InChI is InChI=1S/C21H21F3N4O.HI/c1-14(16-9-6-10-17(11-16)21(22,23)24)27-20(25-2)26-12-18-13-29-19(28-18)15-7-4-3-5-8-15;/h3-11,13-14H,12H2,1-2H3,(H2,25,26,27);1H. The van der Waals surface area contributed by atoms with Crippen LogP contribution in [0.25, 0.3) is 11.5 Å². The summed E-state index contributed by atoms with van der Waals surface area (Å²) in [5.74, 6) is 0.960. The molecule has 5 nitrogen and oxygen atoms in total. The second-order valence-corrected chi connectivity index (χ2v) is 6.43. The molecule has 2 N–H and O–H groups in total. The molecule has 0 saturated carbocycles. The molecule has 1 aromatic heterocycles. The summed E-state index contributed by atoms with van der Waals surface area (Å²) in [6.07, 6.45) is -2.82. The molecule has 30 heavy (non-hydrogen) atoms. The van der Waals surface area contributed by atoms with Gasteiger partial charge in [0.15, 0.2) is 5.96 Å². The molecule has 1 atom stereocenters. The summed E-state index contributed by atoms with van der Waals surface area (Å²) in [6, 6.07) is 14.4. The Bertz CT molecular complexity index is 974. The smallest absolute Gasteiger partial charge is 0.416 e. The first-order valence-electron chi connectivity index (χ1n) is 9.01. The van der Waals surface area contributed by atoms with Gasteiger partial charge in [-0.3, -0.25) is 4.99 Å². The van der Waals surface area contributed by atoms with Gasteiger partial charge in [0.2, 0.25) is 5.89 Å². The number of nitrogens with zero attached hydrogens (tertiary/aromatic N) is 2. The summed E-state index contributed by atoms with van der Waals surface area (Å²) in [5.41, 5.74) is 1.39. The minimum Gasteiger partial charge on any atom is -0.444 e. The van der Waals surface area contributed by atoms with Gasteiger partial charge in [-0.25, -0.2) is 4.98 Å². The minimum atomic E-state index is -4.38. The normalized spacial score (nSPS) is 12.8. The van der Waals surface area contributed by atoms with Crippen molar-refractivity contribution in [2.24, 2.45) is 4.99 Å². The monoisotopic (exact) mass is 530 g/mol. The molecular weight excluding hydrogens is 508 g/mol. The summed E-state index contributed by atoms with van der Waals surface area (Å²) >= 11 is 0. The third-order valence-corrected chi connectivity index (χ3v) is 4.30. The molecule has 2 aromatic carbocycles. The van der Waals surface area contributed by atoms with Gasteiger partial charge in [-0.15, -0.1) is 24.0 Å². The van der Waals surface area contributed by atoms with Crippen LogP contribution in [-0.2, 0) is 12.7 Å². The van der Waals surface area contributed by atoms with Gasteiger partial charge < -0.3 is 15.1 Å². The van der Waals surface area contributed by atoms with Gasteiger partial charge in [0.1, 0.15) is 6.26 Å². The first-order chi connectivity index (χ1) is 13.9. The summed E-state index contributed by atoms with van der Waals surface area (Å²) in [7, 11) is 1.59. The van der Waals surface area contributed by atoms with Crippen molar-refractivity contribution in [2.45, 2.75) is 25.7 Å². The maximum atomic E-state index is 12.9. The van der Waals surface area contributed by atoms with Crippen molar-refractivity contribution in [1.82, 2.24) is 15.6 Å². The molecule has 160 valence electrons. The van der Waals surface area contributed by atoms with Crippen molar-refractivity contribution in [3.8, 4) is 11.5 Å². The Morgan fingerprint density at radius 1 is 1.13 bits per heavy atom. The fourth-order valence-electron chi connectivity index (χ4n) is 2.74. The van der Waals surface area contributed by atoms with Crippen molar-refractivity contribution in [3.63, 3.8) is 0 Å². The molecule has 1 unspecified atom stereocenters. The number of alkyl halides is 3. The molecule has 1 heterocycles. The van der Waals surface area contributed by atoms with Crippen LogP contribution in [0.2, 0.25) is 0 Å². The van der Waals surface area contributed by atoms with E-state index in [-0.39, 0.29) is 30.0 Å². The lowest BCUT2D eigenvalue weighted by Crippen LogP contribution is -2.38. The van der Waals surface area contributed by atoms with E-state index in [9.17, 15) is 13.2 Å². The molecular formula is C21H22F3IN4O. The predicted octanol–water partition coefficient (Wildman–Crippen LogP) is 5.40. The maximum Gasteiger partial charge on any atom is 0.416 e. The third-order valence-electron chi connectivity index (χ3n) is 4.30. The Kier molecular flexibility index (Phi) is 8.27. The highest BCUT2D eigenvalue weighted by molar-refractivity contribution is 14.0. The van der Waals surface area contributed by atoms with E-state index in [0.29, 0.717) is 29.7 Å². The number of benzene rings is 2. The molecule has 0 fully saturated rings. The van der Waals surface area contributed by atoms with Gasteiger partial charge in [0, 0.05) is 12.6 Å². The molecule has 0 saturated heterocycles. The zero-order valence-electron chi connectivity index (χ0n) is 16.4. The Balaban J connectivity index is 0.00000320. The zero-order chi connectivity index (χ0) is 20.9. The molecule has 0 aliphatic carbocycles. The van der Waals surface area contributed by atoms with Crippen LogP contribution < -0.4 is 10.6 Å². The number of halogens is 4. The highest BCUT2D eigenvalue weighted by atomic mass is 127. The van der Waals surface area contributed by atoms with Crippen LogP contribution >= 0.6 is 24.0 Å².